The van der Waals surface area contributed by atoms with E-state index >= 15 is 0 Å². The van der Waals surface area contributed by atoms with Crippen LogP contribution in [-0.4, -0.2) is 58.1 Å². The first-order valence-electron chi connectivity index (χ1n) is 14.4. The van der Waals surface area contributed by atoms with Gasteiger partial charge in [-0.25, -0.2) is 0 Å². The summed E-state index contributed by atoms with van der Waals surface area (Å²) in [5.74, 6) is 2.09. The molecule has 2 heterocycles. The summed E-state index contributed by atoms with van der Waals surface area (Å²) in [6.45, 7) is 2.00. The SMILES string of the molecule is Cc1ccccc1O.OCC1OC(c2ccc(Cl)c(Cc3ccc(OCC4Cc5ccccc5O4)cc3)c2)CC(O)[C@@H]1O. The highest BCUT2D eigenvalue weighted by Gasteiger charge is 2.37. The Balaban J connectivity index is 0.000000400. The predicted molar refractivity (Wildman–Crippen MR) is 165 cm³/mol. The number of fused-ring (bicyclic) bond motifs is 1. The fraction of sp³-hybridized carbons (Fsp3) is 0.314. The molecule has 0 spiro atoms. The Morgan fingerprint density at radius 3 is 2.37 bits per heavy atom. The monoisotopic (exact) mass is 604 g/mol. The van der Waals surface area contributed by atoms with Gasteiger partial charge in [0.15, 0.2) is 0 Å². The van der Waals surface area contributed by atoms with Gasteiger partial charge in [0.25, 0.3) is 0 Å². The van der Waals surface area contributed by atoms with E-state index in [0.29, 0.717) is 23.8 Å². The van der Waals surface area contributed by atoms with Crippen LogP contribution in [0.3, 0.4) is 0 Å². The summed E-state index contributed by atoms with van der Waals surface area (Å²) in [5, 5.41) is 39.2. The first-order chi connectivity index (χ1) is 20.8. The van der Waals surface area contributed by atoms with Crippen molar-refractivity contribution in [1.82, 2.24) is 0 Å². The molecule has 4 aromatic carbocycles. The molecule has 0 radical (unpaired) electrons. The molecule has 2 aliphatic rings. The van der Waals surface area contributed by atoms with Crippen LogP contribution in [0.5, 0.6) is 17.2 Å². The molecule has 226 valence electrons. The predicted octanol–water partition coefficient (Wildman–Crippen LogP) is 5.56. The smallest absolute Gasteiger partial charge is 0.137 e. The Morgan fingerprint density at radius 1 is 0.930 bits per heavy atom. The summed E-state index contributed by atoms with van der Waals surface area (Å²) in [6, 6.07) is 28.9. The third-order valence-electron chi connectivity index (χ3n) is 7.77. The number of hydrogen-bond donors (Lipinski definition) is 4. The van der Waals surface area contributed by atoms with Gasteiger partial charge in [0, 0.05) is 17.9 Å². The van der Waals surface area contributed by atoms with E-state index in [4.69, 9.17) is 30.9 Å². The minimum atomic E-state index is -1.10. The third-order valence-corrected chi connectivity index (χ3v) is 8.14. The molecule has 1 fully saturated rings. The van der Waals surface area contributed by atoms with Crippen LogP contribution in [0.15, 0.2) is 91.0 Å². The van der Waals surface area contributed by atoms with Gasteiger partial charge >= 0.3 is 0 Å². The Morgan fingerprint density at radius 2 is 1.67 bits per heavy atom. The lowest BCUT2D eigenvalue weighted by atomic mass is 9.92. The fourth-order valence-corrected chi connectivity index (χ4v) is 5.46. The van der Waals surface area contributed by atoms with Crippen molar-refractivity contribution >= 4 is 11.6 Å². The van der Waals surface area contributed by atoms with Crippen molar-refractivity contribution in [3.63, 3.8) is 0 Å². The molecule has 5 atom stereocenters. The molecule has 43 heavy (non-hydrogen) atoms. The number of aryl methyl sites for hydroxylation is 1. The van der Waals surface area contributed by atoms with Crippen LogP contribution in [0.2, 0.25) is 5.02 Å². The van der Waals surface area contributed by atoms with Crippen molar-refractivity contribution in [2.75, 3.05) is 13.2 Å². The molecule has 6 rings (SSSR count). The zero-order valence-electron chi connectivity index (χ0n) is 24.0. The zero-order valence-corrected chi connectivity index (χ0v) is 24.7. The summed E-state index contributed by atoms with van der Waals surface area (Å²) in [6.07, 6.45) is -1.57. The molecule has 1 saturated heterocycles. The van der Waals surface area contributed by atoms with Gasteiger partial charge in [0.2, 0.25) is 0 Å². The van der Waals surface area contributed by atoms with Gasteiger partial charge in [-0.3, -0.25) is 0 Å². The van der Waals surface area contributed by atoms with Crippen LogP contribution in [-0.2, 0) is 17.6 Å². The van der Waals surface area contributed by atoms with Crippen molar-refractivity contribution in [2.45, 2.75) is 56.7 Å². The van der Waals surface area contributed by atoms with E-state index in [1.807, 2.05) is 85.8 Å². The molecule has 4 unspecified atom stereocenters. The van der Waals surface area contributed by atoms with Crippen molar-refractivity contribution in [1.29, 1.82) is 0 Å². The van der Waals surface area contributed by atoms with Gasteiger partial charge in [-0.2, -0.15) is 0 Å². The van der Waals surface area contributed by atoms with E-state index in [0.717, 1.165) is 40.2 Å². The summed E-state index contributed by atoms with van der Waals surface area (Å²) in [5.41, 5.74) is 5.00. The maximum Gasteiger partial charge on any atom is 0.137 e. The lowest BCUT2D eigenvalue weighted by Crippen LogP contribution is -2.47. The van der Waals surface area contributed by atoms with Gasteiger partial charge in [0.1, 0.15) is 42.2 Å². The lowest BCUT2D eigenvalue weighted by Gasteiger charge is -2.36. The Hall–Kier alpha value is -3.59. The van der Waals surface area contributed by atoms with Crippen LogP contribution in [0.25, 0.3) is 0 Å². The molecule has 0 saturated carbocycles. The Bertz CT molecular complexity index is 1450. The second-order valence-corrected chi connectivity index (χ2v) is 11.4. The van der Waals surface area contributed by atoms with E-state index in [1.54, 1.807) is 6.07 Å². The van der Waals surface area contributed by atoms with Gasteiger partial charge in [-0.15, -0.1) is 0 Å². The number of phenols is 1. The van der Waals surface area contributed by atoms with Crippen LogP contribution in [0, 0.1) is 6.92 Å². The Kier molecular flexibility index (Phi) is 10.2. The fourth-order valence-electron chi connectivity index (χ4n) is 5.27. The summed E-state index contributed by atoms with van der Waals surface area (Å²) < 4.78 is 17.7. The molecular weight excluding hydrogens is 568 g/mol. The van der Waals surface area contributed by atoms with Crippen molar-refractivity contribution in [3.8, 4) is 17.2 Å². The number of aromatic hydroxyl groups is 1. The third kappa shape index (κ3) is 7.88. The molecular formula is C35H37ClO7. The molecule has 8 heteroatoms. The first kappa shape index (κ1) is 30.9. The molecule has 4 aromatic rings. The Labute approximate surface area is 256 Å². The quantitative estimate of drug-likeness (QED) is 0.219. The number of ether oxygens (including phenoxy) is 3. The summed E-state index contributed by atoms with van der Waals surface area (Å²) in [4.78, 5) is 0. The molecule has 4 N–H and O–H groups in total. The van der Waals surface area contributed by atoms with E-state index in [1.165, 1.54) is 5.56 Å². The number of phenolic OH excluding ortho intramolecular Hbond substituents is 1. The number of aliphatic hydroxyl groups is 3. The summed E-state index contributed by atoms with van der Waals surface area (Å²) >= 11 is 6.48. The minimum absolute atomic E-state index is 0.0145. The molecule has 0 bridgehead atoms. The second kappa shape index (κ2) is 14.3. The van der Waals surface area contributed by atoms with E-state index in [2.05, 4.69) is 6.07 Å². The molecule has 7 nitrogen and oxygen atoms in total. The first-order valence-corrected chi connectivity index (χ1v) is 14.8. The van der Waals surface area contributed by atoms with Crippen LogP contribution < -0.4 is 9.47 Å². The molecule has 0 aliphatic carbocycles. The molecule has 2 aliphatic heterocycles. The van der Waals surface area contributed by atoms with E-state index < -0.39 is 24.4 Å². The average molecular weight is 605 g/mol. The standard InChI is InChI=1S/C28H29ClO6.C7H8O/c29-23-10-7-19(26-14-24(31)28(32)27(15-30)35-26)12-20(23)11-17-5-8-21(9-6-17)33-16-22-13-18-3-1-2-4-25(18)34-22;1-6-4-2-3-5-7(6)8/h1-10,12,22,24,26-28,30-32H,11,13-16H2;2-5,8H,1H3/t22?,24?,26?,27?,28-;/m0./s1. The number of hydrogen-bond acceptors (Lipinski definition) is 7. The van der Waals surface area contributed by atoms with E-state index in [9.17, 15) is 15.3 Å². The van der Waals surface area contributed by atoms with Gasteiger partial charge in [-0.1, -0.05) is 72.3 Å². The highest BCUT2D eigenvalue weighted by Crippen LogP contribution is 2.34. The highest BCUT2D eigenvalue weighted by atomic mass is 35.5. The largest absolute Gasteiger partial charge is 0.508 e. The number of halogens is 1. The highest BCUT2D eigenvalue weighted by molar-refractivity contribution is 6.31. The van der Waals surface area contributed by atoms with Gasteiger partial charge in [0.05, 0.1) is 18.8 Å². The maximum absolute atomic E-state index is 10.2. The van der Waals surface area contributed by atoms with Gasteiger partial charge < -0.3 is 34.6 Å². The van der Waals surface area contributed by atoms with E-state index in [-0.39, 0.29) is 19.1 Å². The molecule has 0 aromatic heterocycles. The van der Waals surface area contributed by atoms with Gasteiger partial charge in [-0.05, 0) is 71.5 Å². The van der Waals surface area contributed by atoms with Crippen LogP contribution in [0.1, 0.15) is 40.3 Å². The minimum Gasteiger partial charge on any atom is -0.508 e. The number of aliphatic hydroxyl groups excluding tert-OH is 3. The van der Waals surface area contributed by atoms with Crippen molar-refractivity contribution in [3.05, 3.63) is 124 Å². The van der Waals surface area contributed by atoms with Crippen molar-refractivity contribution in [2.24, 2.45) is 0 Å². The second-order valence-electron chi connectivity index (χ2n) is 11.0. The number of benzene rings is 4. The lowest BCUT2D eigenvalue weighted by molar-refractivity contribution is -0.181. The molecule has 0 amide bonds. The van der Waals surface area contributed by atoms with Crippen LogP contribution >= 0.6 is 11.6 Å². The number of rotatable bonds is 7. The number of para-hydroxylation sites is 2. The zero-order chi connectivity index (χ0) is 30.3. The average Bonchev–Trinajstić information content (AvgIpc) is 3.44. The summed E-state index contributed by atoms with van der Waals surface area (Å²) in [7, 11) is 0. The normalized spacial score (nSPS) is 22.6. The topological polar surface area (TPSA) is 109 Å². The van der Waals surface area contributed by atoms with Crippen molar-refractivity contribution < 1.29 is 34.6 Å². The van der Waals surface area contributed by atoms with Crippen LogP contribution in [0.4, 0.5) is 0 Å². The maximum atomic E-state index is 10.2.